The molecule has 3 N–H and O–H groups in total. The first-order chi connectivity index (χ1) is 16.1. The molecular formula is C24H28N6O4. The molecule has 34 heavy (non-hydrogen) atoms. The van der Waals surface area contributed by atoms with Gasteiger partial charge in [0.15, 0.2) is 0 Å². The van der Waals surface area contributed by atoms with Gasteiger partial charge in [0.1, 0.15) is 11.6 Å². The number of aromatic nitrogens is 3. The molecule has 0 radical (unpaired) electrons. The molecule has 0 saturated heterocycles. The Bertz CT molecular complexity index is 1160. The zero-order valence-electron chi connectivity index (χ0n) is 19.8. The normalized spacial score (nSPS) is 9.91. The summed E-state index contributed by atoms with van der Waals surface area (Å²) in [5.41, 5.74) is 4.13. The van der Waals surface area contributed by atoms with Crippen LogP contribution in [0.15, 0.2) is 42.6 Å². The molecule has 3 aromatic rings. The molecule has 2 amide bonds. The molecule has 0 aliphatic rings. The molecule has 0 bridgehead atoms. The molecule has 2 heterocycles. The van der Waals surface area contributed by atoms with Crippen LogP contribution in [0.1, 0.15) is 43.5 Å². The van der Waals surface area contributed by atoms with Crippen molar-refractivity contribution in [1.82, 2.24) is 19.9 Å². The number of amides is 2. The lowest BCUT2D eigenvalue weighted by atomic mass is 10.1. The van der Waals surface area contributed by atoms with Gasteiger partial charge in [-0.15, -0.1) is 0 Å². The molecule has 178 valence electrons. The van der Waals surface area contributed by atoms with Crippen molar-refractivity contribution in [2.45, 2.75) is 27.3 Å². The van der Waals surface area contributed by atoms with Crippen molar-refractivity contribution in [3.63, 3.8) is 0 Å². The third kappa shape index (κ3) is 7.37. The first kappa shape index (κ1) is 25.9. The summed E-state index contributed by atoms with van der Waals surface area (Å²) in [7, 11) is 3.41. The van der Waals surface area contributed by atoms with E-state index in [9.17, 15) is 9.59 Å². The van der Waals surface area contributed by atoms with Crippen LogP contribution in [0.5, 0.6) is 0 Å². The fraction of sp³-hybridized carbons (Fsp3) is 0.250. The van der Waals surface area contributed by atoms with Crippen LogP contribution >= 0.6 is 0 Å². The number of nitrogens with zero attached hydrogens (tertiary/aromatic N) is 4. The Hall–Kier alpha value is -4.34. The molecule has 10 nitrogen and oxygen atoms in total. The van der Waals surface area contributed by atoms with Crippen molar-refractivity contribution in [3.8, 4) is 0 Å². The van der Waals surface area contributed by atoms with Gasteiger partial charge in [-0.1, -0.05) is 0 Å². The maximum absolute atomic E-state index is 12.8. The number of benzene rings is 1. The van der Waals surface area contributed by atoms with Crippen LogP contribution < -0.4 is 10.6 Å². The fourth-order valence-corrected chi connectivity index (χ4v) is 3.09. The van der Waals surface area contributed by atoms with Crippen molar-refractivity contribution in [1.29, 1.82) is 0 Å². The minimum Gasteiger partial charge on any atom is -0.483 e. The highest BCUT2D eigenvalue weighted by Crippen LogP contribution is 2.19. The Morgan fingerprint density at radius 1 is 1.03 bits per heavy atom. The number of aryl methyl sites for hydroxylation is 3. The maximum Gasteiger partial charge on any atom is 0.290 e. The number of carboxylic acid groups (broad SMARTS) is 1. The SMILES string of the molecule is Cc1cc(NCc2cc(C(=O)Nc3ccc(C(=O)N(C)C)cc3C)ccn2)nc(C)n1.O=CO. The Labute approximate surface area is 198 Å². The highest BCUT2D eigenvalue weighted by atomic mass is 16.3. The Morgan fingerprint density at radius 2 is 1.74 bits per heavy atom. The fourth-order valence-electron chi connectivity index (χ4n) is 3.09. The van der Waals surface area contributed by atoms with Crippen molar-refractivity contribution < 1.29 is 19.5 Å². The third-order valence-electron chi connectivity index (χ3n) is 4.62. The second-order valence-electron chi connectivity index (χ2n) is 7.62. The number of rotatable bonds is 6. The van der Waals surface area contributed by atoms with Crippen LogP contribution in [-0.4, -0.2) is 57.3 Å². The minimum atomic E-state index is -0.250. The zero-order chi connectivity index (χ0) is 25.3. The predicted octanol–water partition coefficient (Wildman–Crippen LogP) is 3.06. The molecule has 0 aliphatic carbocycles. The maximum atomic E-state index is 12.8. The molecule has 0 aliphatic heterocycles. The lowest BCUT2D eigenvalue weighted by Gasteiger charge is -2.13. The van der Waals surface area contributed by atoms with Crippen molar-refractivity contribution >= 4 is 29.8 Å². The summed E-state index contributed by atoms with van der Waals surface area (Å²) in [6, 6.07) is 10.5. The predicted molar refractivity (Wildman–Crippen MR) is 129 cm³/mol. The smallest absolute Gasteiger partial charge is 0.290 e. The molecule has 0 saturated carbocycles. The lowest BCUT2D eigenvalue weighted by Crippen LogP contribution is -2.22. The number of pyridine rings is 1. The van der Waals surface area contributed by atoms with E-state index in [-0.39, 0.29) is 18.3 Å². The average molecular weight is 465 g/mol. The van der Waals surface area contributed by atoms with Crippen molar-refractivity contribution in [2.24, 2.45) is 0 Å². The number of hydrogen-bond acceptors (Lipinski definition) is 7. The van der Waals surface area contributed by atoms with Gasteiger partial charge in [-0.2, -0.15) is 0 Å². The lowest BCUT2D eigenvalue weighted by molar-refractivity contribution is -0.122. The molecule has 3 rings (SSSR count). The molecule has 1 aromatic carbocycles. The summed E-state index contributed by atoms with van der Waals surface area (Å²) >= 11 is 0. The van der Waals surface area contributed by atoms with Crippen LogP contribution in [0.4, 0.5) is 11.5 Å². The Morgan fingerprint density at radius 3 is 2.35 bits per heavy atom. The van der Waals surface area contributed by atoms with E-state index < -0.39 is 0 Å². The first-order valence-electron chi connectivity index (χ1n) is 10.4. The second kappa shape index (κ2) is 12.0. The summed E-state index contributed by atoms with van der Waals surface area (Å²) in [5.74, 6) is 1.08. The van der Waals surface area contributed by atoms with Crippen molar-refractivity contribution in [2.75, 3.05) is 24.7 Å². The summed E-state index contributed by atoms with van der Waals surface area (Å²) in [4.78, 5) is 47.7. The van der Waals surface area contributed by atoms with Crippen LogP contribution in [0.3, 0.4) is 0 Å². The van der Waals surface area contributed by atoms with Gasteiger partial charge in [0.05, 0.1) is 12.2 Å². The van der Waals surface area contributed by atoms with E-state index in [0.29, 0.717) is 40.7 Å². The highest BCUT2D eigenvalue weighted by Gasteiger charge is 2.13. The number of carbonyl (C=O) groups excluding carboxylic acids is 2. The topological polar surface area (TPSA) is 137 Å². The zero-order valence-corrected chi connectivity index (χ0v) is 19.8. The molecular weight excluding hydrogens is 436 g/mol. The minimum absolute atomic E-state index is 0.0821. The van der Waals surface area contributed by atoms with E-state index in [0.717, 1.165) is 11.3 Å². The number of carbonyl (C=O) groups is 3. The molecule has 0 fully saturated rings. The first-order valence-corrected chi connectivity index (χ1v) is 10.4. The third-order valence-corrected chi connectivity index (χ3v) is 4.62. The van der Waals surface area contributed by atoms with Gasteiger partial charge in [-0.25, -0.2) is 9.97 Å². The largest absolute Gasteiger partial charge is 0.483 e. The average Bonchev–Trinajstić information content (AvgIpc) is 2.78. The molecule has 0 atom stereocenters. The second-order valence-corrected chi connectivity index (χ2v) is 7.62. The number of nitrogens with one attached hydrogen (secondary N) is 2. The van der Waals surface area contributed by atoms with E-state index >= 15 is 0 Å². The van der Waals surface area contributed by atoms with Gasteiger partial charge in [-0.3, -0.25) is 19.4 Å². The van der Waals surface area contributed by atoms with Gasteiger partial charge in [-0.05, 0) is 56.7 Å². The summed E-state index contributed by atoms with van der Waals surface area (Å²) < 4.78 is 0. The van der Waals surface area contributed by atoms with Crippen LogP contribution in [0.25, 0.3) is 0 Å². The number of hydrogen-bond donors (Lipinski definition) is 3. The molecule has 2 aromatic heterocycles. The summed E-state index contributed by atoms with van der Waals surface area (Å²) in [6.07, 6.45) is 1.61. The molecule has 0 spiro atoms. The van der Waals surface area contributed by atoms with E-state index in [1.807, 2.05) is 26.8 Å². The number of anilines is 2. The van der Waals surface area contributed by atoms with E-state index in [4.69, 9.17) is 9.90 Å². The summed E-state index contributed by atoms with van der Waals surface area (Å²) in [5, 5.41) is 13.0. The van der Waals surface area contributed by atoms with E-state index in [1.165, 1.54) is 4.90 Å². The van der Waals surface area contributed by atoms with Gasteiger partial charge in [0.2, 0.25) is 0 Å². The molecule has 0 unspecified atom stereocenters. The monoisotopic (exact) mass is 464 g/mol. The van der Waals surface area contributed by atoms with Gasteiger partial charge < -0.3 is 20.6 Å². The van der Waals surface area contributed by atoms with Gasteiger partial charge in [0, 0.05) is 48.9 Å². The van der Waals surface area contributed by atoms with Crippen molar-refractivity contribution in [3.05, 3.63) is 76.5 Å². The molecule has 10 heteroatoms. The van der Waals surface area contributed by atoms with Crippen LogP contribution in [-0.2, 0) is 11.3 Å². The summed E-state index contributed by atoms with van der Waals surface area (Å²) in [6.45, 7) is 5.79. The van der Waals surface area contributed by atoms with Gasteiger partial charge >= 0.3 is 0 Å². The van der Waals surface area contributed by atoms with E-state index in [1.54, 1.807) is 50.6 Å². The highest BCUT2D eigenvalue weighted by molar-refractivity contribution is 6.05. The standard InChI is InChI=1S/C23H26N6O2.CH2O2/c1-14-10-18(23(31)29(4)5)6-7-20(14)28-22(30)17-8-9-24-19(12-17)13-25-21-11-15(2)26-16(3)27-21;2-1-3/h6-12H,13H2,1-5H3,(H,28,30)(H,25,26,27);1H,(H,2,3). The van der Waals surface area contributed by atoms with E-state index in [2.05, 4.69) is 25.6 Å². The Kier molecular flexibility index (Phi) is 9.18. The van der Waals surface area contributed by atoms with Crippen LogP contribution in [0, 0.1) is 20.8 Å². The quantitative estimate of drug-likeness (QED) is 0.473. The Balaban J connectivity index is 0.00000129. The van der Waals surface area contributed by atoms with Crippen LogP contribution in [0.2, 0.25) is 0 Å². The van der Waals surface area contributed by atoms with Gasteiger partial charge in [0.25, 0.3) is 18.3 Å².